The Morgan fingerprint density at radius 3 is 2.50 bits per heavy atom. The maximum absolute atomic E-state index is 13.1. The molecule has 0 radical (unpaired) electrons. The lowest BCUT2D eigenvalue weighted by molar-refractivity contribution is -0.137. The average Bonchev–Trinajstić information content (AvgIpc) is 2.86. The number of pyridine rings is 1. The molecule has 0 unspecified atom stereocenters. The van der Waals surface area contributed by atoms with Crippen molar-refractivity contribution in [1.82, 2.24) is 10.3 Å². The van der Waals surface area contributed by atoms with Gasteiger partial charge in [-0.25, -0.2) is 4.79 Å². The highest BCUT2D eigenvalue weighted by Gasteiger charge is 2.33. The average molecular weight is 475 g/mol. The molecule has 0 aliphatic carbocycles. The summed E-state index contributed by atoms with van der Waals surface area (Å²) in [4.78, 5) is 28.1. The Bertz CT molecular complexity index is 1580. The lowest BCUT2D eigenvalue weighted by Crippen LogP contribution is -2.19. The Labute approximate surface area is 199 Å². The molecule has 0 saturated heterocycles. The third-order valence-corrected chi connectivity index (χ3v) is 3.80. The zero-order chi connectivity index (χ0) is 31.9. The summed E-state index contributed by atoms with van der Waals surface area (Å²) in [5.74, 6) is -3.25. The van der Waals surface area contributed by atoms with Gasteiger partial charge in [0, 0.05) is 34.7 Å². The molecule has 1 aromatic heterocycles. The van der Waals surface area contributed by atoms with Crippen LogP contribution >= 0.6 is 11.6 Å². The summed E-state index contributed by atoms with van der Waals surface area (Å²) in [5, 5.41) is 4.96. The van der Waals surface area contributed by atoms with E-state index in [2.05, 4.69) is 4.98 Å². The number of aromatic nitrogens is 1. The number of anilines is 2. The van der Waals surface area contributed by atoms with Crippen molar-refractivity contribution in [3.05, 3.63) is 76.9 Å². The molecule has 0 atom stereocenters. The molecule has 7 nitrogen and oxygen atoms in total. The van der Waals surface area contributed by atoms with Crippen LogP contribution in [0.1, 0.15) is 29.8 Å². The molecule has 0 aliphatic heterocycles. The van der Waals surface area contributed by atoms with Crippen molar-refractivity contribution in [2.75, 3.05) is 17.6 Å². The molecule has 3 amide bonds. The van der Waals surface area contributed by atoms with Crippen molar-refractivity contribution in [1.29, 1.82) is 0 Å². The monoisotopic (exact) mass is 474 g/mol. The predicted octanol–water partition coefficient (Wildman–Crippen LogP) is 5.55. The first-order valence-corrected chi connectivity index (χ1v) is 8.64. The summed E-state index contributed by atoms with van der Waals surface area (Å²) in [7, 11) is 0. The normalized spacial score (nSPS) is 15.8. The SMILES string of the molecule is [2H]c1nc(C(=O)NC([2H])([2H])[2H])c([2H])c(Oc2c([2H])c([2H])c(NC(=O)Nc3ccc(Cl)c(C(F)(F)F)c3)c([2H])c2[2H])c1[2H]. The molecule has 0 saturated carbocycles. The minimum atomic E-state index is -4.84. The van der Waals surface area contributed by atoms with Crippen LogP contribution in [0, 0.1) is 0 Å². The van der Waals surface area contributed by atoms with E-state index in [9.17, 15) is 22.8 Å². The van der Waals surface area contributed by atoms with Gasteiger partial charge < -0.3 is 20.7 Å². The van der Waals surface area contributed by atoms with Crippen LogP contribution in [0.2, 0.25) is 5.02 Å². The Balaban J connectivity index is 1.97. The molecular weight excluding hydrogens is 449 g/mol. The van der Waals surface area contributed by atoms with Gasteiger partial charge in [-0.15, -0.1) is 0 Å². The second-order valence-electron chi connectivity index (χ2n) is 5.68. The molecule has 0 fully saturated rings. The van der Waals surface area contributed by atoms with Gasteiger partial charge in [0.1, 0.15) is 17.2 Å². The van der Waals surface area contributed by atoms with E-state index in [-0.39, 0.29) is 5.69 Å². The molecule has 0 aliphatic rings. The van der Waals surface area contributed by atoms with E-state index >= 15 is 0 Å². The lowest BCUT2D eigenvalue weighted by Gasteiger charge is -2.12. The second-order valence-corrected chi connectivity index (χ2v) is 6.09. The molecular formula is C21H16ClF3N4O3. The lowest BCUT2D eigenvalue weighted by atomic mass is 10.2. The van der Waals surface area contributed by atoms with Crippen LogP contribution in [0.15, 0.2) is 60.6 Å². The third kappa shape index (κ3) is 5.88. The van der Waals surface area contributed by atoms with Gasteiger partial charge in [-0.3, -0.25) is 9.78 Å². The van der Waals surface area contributed by atoms with Gasteiger partial charge in [0.25, 0.3) is 5.91 Å². The van der Waals surface area contributed by atoms with Gasteiger partial charge in [0.15, 0.2) is 0 Å². The van der Waals surface area contributed by atoms with Gasteiger partial charge >= 0.3 is 12.2 Å². The van der Waals surface area contributed by atoms with E-state index in [4.69, 9.17) is 30.0 Å². The predicted molar refractivity (Wildman–Crippen MR) is 113 cm³/mol. The second kappa shape index (κ2) is 9.56. The van der Waals surface area contributed by atoms with Gasteiger partial charge in [-0.05, 0) is 48.4 Å². The van der Waals surface area contributed by atoms with Crippen LogP contribution in [0.3, 0.4) is 0 Å². The van der Waals surface area contributed by atoms with Crippen LogP contribution < -0.4 is 20.7 Å². The highest BCUT2D eigenvalue weighted by molar-refractivity contribution is 6.31. The van der Waals surface area contributed by atoms with E-state index in [1.54, 1.807) is 5.32 Å². The number of amides is 3. The topological polar surface area (TPSA) is 92.3 Å². The summed E-state index contributed by atoms with van der Waals surface area (Å²) >= 11 is 5.54. The number of carbonyl (C=O) groups is 2. The Morgan fingerprint density at radius 2 is 1.81 bits per heavy atom. The maximum Gasteiger partial charge on any atom is 0.417 e. The number of nitrogens with zero attached hydrogens (tertiary/aromatic N) is 1. The molecule has 166 valence electrons. The first kappa shape index (κ1) is 12.9. The summed E-state index contributed by atoms with van der Waals surface area (Å²) in [6.07, 6.45) is -5.78. The minimum absolute atomic E-state index is 0.368. The molecule has 0 bridgehead atoms. The molecule has 0 spiro atoms. The number of hydrogen-bond acceptors (Lipinski definition) is 4. The fraction of sp³-hybridized carbons (Fsp3) is 0.0952. The van der Waals surface area contributed by atoms with Crippen molar-refractivity contribution < 1.29 is 41.2 Å². The molecule has 32 heavy (non-hydrogen) atoms. The van der Waals surface area contributed by atoms with Crippen LogP contribution in [-0.4, -0.2) is 23.9 Å². The van der Waals surface area contributed by atoms with Crippen LogP contribution in [-0.2, 0) is 6.18 Å². The van der Waals surface area contributed by atoms with E-state index in [0.717, 1.165) is 12.1 Å². The summed E-state index contributed by atoms with van der Waals surface area (Å²) in [6.45, 7) is -3.00. The highest BCUT2D eigenvalue weighted by Crippen LogP contribution is 2.36. The molecule has 3 rings (SSSR count). The molecule has 2 aromatic carbocycles. The number of benzene rings is 2. The molecule has 3 N–H and O–H groups in total. The van der Waals surface area contributed by atoms with E-state index in [1.165, 1.54) is 0 Å². The van der Waals surface area contributed by atoms with Crippen molar-refractivity contribution >= 4 is 34.9 Å². The number of ether oxygens (including phenoxy) is 1. The standard InChI is InChI=1S/C21H16ClF3N4O3/c1-26-19(30)18-11-15(8-9-27-18)32-14-5-2-12(3-6-14)28-20(31)29-13-4-7-17(22)16(10-13)21(23,24)25/h2-11H,1H3,(H,26,30)(H2,28,29,31)/i1D3,2D,3D,5D,6D,8D,9D,11D. The zero-order valence-corrected chi connectivity index (χ0v) is 16.2. The van der Waals surface area contributed by atoms with Crippen molar-refractivity contribution in [3.8, 4) is 11.5 Å². The highest BCUT2D eigenvalue weighted by atomic mass is 35.5. The Hall–Kier alpha value is -3.79. The van der Waals surface area contributed by atoms with Gasteiger partial charge in [0.2, 0.25) is 0 Å². The van der Waals surface area contributed by atoms with Crippen molar-refractivity contribution in [2.45, 2.75) is 6.18 Å². The van der Waals surface area contributed by atoms with E-state index in [1.807, 2.05) is 10.6 Å². The number of halogens is 4. The van der Waals surface area contributed by atoms with Crippen LogP contribution in [0.5, 0.6) is 11.5 Å². The fourth-order valence-corrected chi connectivity index (χ4v) is 2.36. The van der Waals surface area contributed by atoms with Gasteiger partial charge in [0.05, 0.1) is 20.2 Å². The largest absolute Gasteiger partial charge is 0.457 e. The molecule has 11 heteroatoms. The summed E-state index contributed by atoms with van der Waals surface area (Å²) in [6, 6.07) is -4.49. The number of urea groups is 1. The number of carbonyl (C=O) groups excluding carboxylic acids is 2. The van der Waals surface area contributed by atoms with Crippen molar-refractivity contribution in [2.24, 2.45) is 0 Å². The Kier molecular flexibility index (Phi) is 3.86. The summed E-state index contributed by atoms with van der Waals surface area (Å²) < 4.78 is 122. The van der Waals surface area contributed by atoms with Crippen LogP contribution in [0.25, 0.3) is 0 Å². The number of alkyl halides is 3. The number of hydrogen-bond donors (Lipinski definition) is 3. The van der Waals surface area contributed by atoms with Gasteiger partial charge in [-0.1, -0.05) is 11.6 Å². The van der Waals surface area contributed by atoms with Gasteiger partial charge in [-0.2, -0.15) is 13.2 Å². The fourth-order valence-electron chi connectivity index (χ4n) is 2.13. The van der Waals surface area contributed by atoms with E-state index < -0.39 is 101 Å². The quantitative estimate of drug-likeness (QED) is 0.452. The number of nitrogens with one attached hydrogen (secondary N) is 3. The smallest absolute Gasteiger partial charge is 0.417 e. The van der Waals surface area contributed by atoms with Crippen LogP contribution in [0.4, 0.5) is 29.3 Å². The van der Waals surface area contributed by atoms with Crippen molar-refractivity contribution in [3.63, 3.8) is 0 Å². The summed E-state index contributed by atoms with van der Waals surface area (Å²) in [5.41, 5.74) is -3.29. The third-order valence-electron chi connectivity index (χ3n) is 3.47. The Morgan fingerprint density at radius 1 is 1.09 bits per heavy atom. The molecule has 3 aromatic rings. The molecule has 1 heterocycles. The van der Waals surface area contributed by atoms with E-state index in [0.29, 0.717) is 6.07 Å². The zero-order valence-electron chi connectivity index (χ0n) is 25.4. The first-order valence-electron chi connectivity index (χ1n) is 13.3. The first-order chi connectivity index (χ1) is 19.2. The maximum atomic E-state index is 13.1. The minimum Gasteiger partial charge on any atom is -0.457 e. The number of rotatable bonds is 5.